The molecule has 0 aliphatic rings. The summed E-state index contributed by atoms with van der Waals surface area (Å²) in [6, 6.07) is 12.2. The van der Waals surface area contributed by atoms with Crippen LogP contribution in [0.4, 0.5) is 18.9 Å². The number of fused-ring (bicyclic) bond motifs is 1. The summed E-state index contributed by atoms with van der Waals surface area (Å²) in [5.74, 6) is -0.180. The van der Waals surface area contributed by atoms with Gasteiger partial charge >= 0.3 is 6.18 Å². The van der Waals surface area contributed by atoms with Crippen LogP contribution < -0.4 is 4.90 Å². The fraction of sp³-hybridized carbons (Fsp3) is 0.217. The highest BCUT2D eigenvalue weighted by molar-refractivity contribution is 6.05. The van der Waals surface area contributed by atoms with Crippen molar-refractivity contribution in [2.75, 3.05) is 11.9 Å². The van der Waals surface area contributed by atoms with E-state index in [9.17, 15) is 18.0 Å². The Bertz CT molecular complexity index is 1300. The predicted molar refractivity (Wildman–Crippen MR) is 114 cm³/mol. The average Bonchev–Trinajstić information content (AvgIpc) is 3.29. The number of benzene rings is 2. The van der Waals surface area contributed by atoms with E-state index in [-0.39, 0.29) is 11.3 Å². The SMILES string of the molecule is Cc1cc(-c2ccc3c(C(F)(F)F)cn(C)c3c2)ccc1N(C)C(=O)c1ccnn1C. The van der Waals surface area contributed by atoms with Gasteiger partial charge in [0, 0.05) is 50.1 Å². The van der Waals surface area contributed by atoms with E-state index >= 15 is 0 Å². The number of hydrogen-bond acceptors (Lipinski definition) is 2. The fourth-order valence-electron chi connectivity index (χ4n) is 3.87. The predicted octanol–water partition coefficient (Wildman–Crippen LogP) is 5.18. The Labute approximate surface area is 177 Å². The van der Waals surface area contributed by atoms with Crippen molar-refractivity contribution in [1.29, 1.82) is 0 Å². The molecule has 0 spiro atoms. The zero-order valence-corrected chi connectivity index (χ0v) is 17.5. The second kappa shape index (κ2) is 7.30. The number of rotatable bonds is 3. The second-order valence-electron chi connectivity index (χ2n) is 7.59. The van der Waals surface area contributed by atoms with E-state index in [4.69, 9.17) is 0 Å². The van der Waals surface area contributed by atoms with Crippen LogP contribution in [-0.4, -0.2) is 27.3 Å². The largest absolute Gasteiger partial charge is 0.418 e. The third kappa shape index (κ3) is 3.58. The lowest BCUT2D eigenvalue weighted by Crippen LogP contribution is -2.28. The summed E-state index contributed by atoms with van der Waals surface area (Å²) in [7, 11) is 5.02. The number of amides is 1. The molecule has 160 valence electrons. The minimum absolute atomic E-state index is 0.175. The molecule has 0 unspecified atom stereocenters. The molecule has 8 heteroatoms. The third-order valence-corrected chi connectivity index (χ3v) is 5.53. The molecule has 4 aromatic rings. The second-order valence-corrected chi connectivity index (χ2v) is 7.59. The van der Waals surface area contributed by atoms with Crippen LogP contribution in [0.5, 0.6) is 0 Å². The van der Waals surface area contributed by atoms with Gasteiger partial charge in [-0.05, 0) is 47.9 Å². The van der Waals surface area contributed by atoms with Crippen LogP contribution in [0.15, 0.2) is 54.9 Å². The minimum Gasteiger partial charge on any atom is -0.350 e. The topological polar surface area (TPSA) is 43.1 Å². The summed E-state index contributed by atoms with van der Waals surface area (Å²) in [6.45, 7) is 1.90. The maximum Gasteiger partial charge on any atom is 0.418 e. The first-order chi connectivity index (χ1) is 14.6. The summed E-state index contributed by atoms with van der Waals surface area (Å²) in [5.41, 5.74) is 3.62. The van der Waals surface area contributed by atoms with Gasteiger partial charge in [-0.3, -0.25) is 9.48 Å². The Hall–Kier alpha value is -3.55. The van der Waals surface area contributed by atoms with Crippen LogP contribution in [0.1, 0.15) is 21.6 Å². The zero-order valence-electron chi connectivity index (χ0n) is 17.5. The maximum absolute atomic E-state index is 13.3. The van der Waals surface area contributed by atoms with Gasteiger partial charge in [0.1, 0.15) is 5.69 Å². The van der Waals surface area contributed by atoms with Crippen molar-refractivity contribution in [1.82, 2.24) is 14.3 Å². The number of aromatic nitrogens is 3. The molecule has 2 aromatic carbocycles. The highest BCUT2D eigenvalue weighted by Crippen LogP contribution is 2.37. The van der Waals surface area contributed by atoms with Crippen LogP contribution in [0, 0.1) is 6.92 Å². The number of carbonyl (C=O) groups is 1. The minimum atomic E-state index is -4.40. The van der Waals surface area contributed by atoms with Gasteiger partial charge in [0.25, 0.3) is 5.91 Å². The number of alkyl halides is 3. The highest BCUT2D eigenvalue weighted by atomic mass is 19.4. The lowest BCUT2D eigenvalue weighted by Gasteiger charge is -2.20. The maximum atomic E-state index is 13.3. The van der Waals surface area contributed by atoms with Gasteiger partial charge < -0.3 is 9.47 Å². The van der Waals surface area contributed by atoms with E-state index in [2.05, 4.69) is 5.10 Å². The molecule has 1 amide bonds. The molecule has 2 heterocycles. The van der Waals surface area contributed by atoms with Crippen molar-refractivity contribution in [2.24, 2.45) is 14.1 Å². The molecular formula is C23H21F3N4O. The van der Waals surface area contributed by atoms with Crippen molar-refractivity contribution in [3.8, 4) is 11.1 Å². The quantitative estimate of drug-likeness (QED) is 0.453. The number of anilines is 1. The summed E-state index contributed by atoms with van der Waals surface area (Å²) in [5, 5.41) is 4.21. The van der Waals surface area contributed by atoms with Crippen molar-refractivity contribution in [3.63, 3.8) is 0 Å². The standard InChI is InChI=1S/C23H21F3N4O/c1-14-11-15(6-8-19(14)29(3)22(31)20-9-10-27-30(20)4)16-5-7-17-18(23(24,25)26)13-28(2)21(17)12-16/h5-13H,1-4H3. The molecule has 5 nitrogen and oxygen atoms in total. The van der Waals surface area contributed by atoms with Gasteiger partial charge in [-0.25, -0.2) is 0 Å². The number of aryl methyl sites for hydroxylation is 3. The Kier molecular flexibility index (Phi) is 4.88. The lowest BCUT2D eigenvalue weighted by molar-refractivity contribution is -0.136. The molecular weight excluding hydrogens is 405 g/mol. The number of nitrogens with zero attached hydrogens (tertiary/aromatic N) is 4. The smallest absolute Gasteiger partial charge is 0.350 e. The fourth-order valence-corrected chi connectivity index (χ4v) is 3.87. The molecule has 0 radical (unpaired) electrons. The lowest BCUT2D eigenvalue weighted by atomic mass is 10.00. The highest BCUT2D eigenvalue weighted by Gasteiger charge is 2.34. The molecule has 0 atom stereocenters. The average molecular weight is 426 g/mol. The first-order valence-electron chi connectivity index (χ1n) is 9.61. The summed E-state index contributed by atoms with van der Waals surface area (Å²) in [6.07, 6.45) is -1.72. The van der Waals surface area contributed by atoms with E-state index < -0.39 is 11.7 Å². The first kappa shape index (κ1) is 20.7. The molecule has 31 heavy (non-hydrogen) atoms. The van der Waals surface area contributed by atoms with E-state index in [1.165, 1.54) is 15.3 Å². The molecule has 0 saturated carbocycles. The van der Waals surface area contributed by atoms with Crippen LogP contribution in [0.3, 0.4) is 0 Å². The molecule has 0 N–H and O–H groups in total. The van der Waals surface area contributed by atoms with Gasteiger partial charge in [-0.15, -0.1) is 0 Å². The Morgan fingerprint density at radius 2 is 1.71 bits per heavy atom. The summed E-state index contributed by atoms with van der Waals surface area (Å²) >= 11 is 0. The molecule has 0 aliphatic carbocycles. The van der Waals surface area contributed by atoms with Crippen molar-refractivity contribution in [2.45, 2.75) is 13.1 Å². The summed E-state index contributed by atoms with van der Waals surface area (Å²) in [4.78, 5) is 14.3. The van der Waals surface area contributed by atoms with E-state index in [1.54, 1.807) is 50.4 Å². The summed E-state index contributed by atoms with van der Waals surface area (Å²) < 4.78 is 42.8. The number of carbonyl (C=O) groups excluding carboxylic acids is 1. The first-order valence-corrected chi connectivity index (χ1v) is 9.61. The van der Waals surface area contributed by atoms with E-state index in [0.29, 0.717) is 11.2 Å². The van der Waals surface area contributed by atoms with Gasteiger partial charge in [-0.1, -0.05) is 18.2 Å². The zero-order chi connectivity index (χ0) is 22.5. The molecule has 0 aliphatic heterocycles. The third-order valence-electron chi connectivity index (χ3n) is 5.53. The normalized spacial score (nSPS) is 11.8. The number of halogens is 3. The van der Waals surface area contributed by atoms with Gasteiger partial charge in [0.15, 0.2) is 0 Å². The van der Waals surface area contributed by atoms with Crippen molar-refractivity contribution >= 4 is 22.5 Å². The van der Waals surface area contributed by atoms with Gasteiger partial charge in [0.05, 0.1) is 5.56 Å². The molecule has 0 bridgehead atoms. The molecule has 0 saturated heterocycles. The molecule has 2 aromatic heterocycles. The van der Waals surface area contributed by atoms with Gasteiger partial charge in [0.2, 0.25) is 0 Å². The van der Waals surface area contributed by atoms with Crippen LogP contribution in [0.2, 0.25) is 0 Å². The number of hydrogen-bond donors (Lipinski definition) is 0. The molecule has 0 fully saturated rings. The van der Waals surface area contributed by atoms with Gasteiger partial charge in [-0.2, -0.15) is 18.3 Å². The van der Waals surface area contributed by atoms with Crippen LogP contribution in [-0.2, 0) is 20.3 Å². The van der Waals surface area contributed by atoms with E-state index in [1.807, 2.05) is 25.1 Å². The Morgan fingerprint density at radius 3 is 2.32 bits per heavy atom. The van der Waals surface area contributed by atoms with Crippen LogP contribution in [0.25, 0.3) is 22.0 Å². The van der Waals surface area contributed by atoms with Crippen LogP contribution >= 0.6 is 0 Å². The van der Waals surface area contributed by atoms with Crippen molar-refractivity contribution < 1.29 is 18.0 Å². The molecule has 4 rings (SSSR count). The Morgan fingerprint density at radius 1 is 1.03 bits per heavy atom. The monoisotopic (exact) mass is 426 g/mol. The van der Waals surface area contributed by atoms with Crippen molar-refractivity contribution in [3.05, 3.63) is 71.7 Å². The van der Waals surface area contributed by atoms with E-state index in [0.717, 1.165) is 28.6 Å². The Balaban J connectivity index is 1.69.